The van der Waals surface area contributed by atoms with E-state index in [0.717, 1.165) is 5.56 Å². The Bertz CT molecular complexity index is 857. The van der Waals surface area contributed by atoms with Crippen molar-refractivity contribution >= 4 is 35.2 Å². The van der Waals surface area contributed by atoms with Gasteiger partial charge < -0.3 is 10.2 Å². The fourth-order valence-electron chi connectivity index (χ4n) is 4.31. The van der Waals surface area contributed by atoms with Crippen LogP contribution in [0.15, 0.2) is 36.4 Å². The quantitative estimate of drug-likeness (QED) is 0.492. The maximum absolute atomic E-state index is 13.2. The van der Waals surface area contributed by atoms with Crippen molar-refractivity contribution in [1.82, 2.24) is 15.1 Å². The second kappa shape index (κ2) is 10.1. The molecule has 7 nitrogen and oxygen atoms in total. The van der Waals surface area contributed by atoms with Crippen molar-refractivity contribution in [3.05, 3.63) is 47.0 Å². The summed E-state index contributed by atoms with van der Waals surface area (Å²) in [4.78, 5) is 53.7. The third-order valence-electron chi connectivity index (χ3n) is 6.05. The Labute approximate surface area is 187 Å². The first-order chi connectivity index (χ1) is 14.9. The minimum Gasteiger partial charge on any atom is -0.357 e. The monoisotopic (exact) mass is 445 g/mol. The fourth-order valence-corrected chi connectivity index (χ4v) is 4.44. The third kappa shape index (κ3) is 4.98. The lowest BCUT2D eigenvalue weighted by atomic mass is 9.85. The van der Waals surface area contributed by atoms with Gasteiger partial charge in [0.05, 0.1) is 11.8 Å². The van der Waals surface area contributed by atoms with Gasteiger partial charge in [0.1, 0.15) is 6.04 Å². The van der Waals surface area contributed by atoms with Crippen LogP contribution in [0.25, 0.3) is 0 Å². The van der Waals surface area contributed by atoms with Crippen LogP contribution in [0.3, 0.4) is 0 Å². The highest BCUT2D eigenvalue weighted by atomic mass is 35.5. The lowest BCUT2D eigenvalue weighted by molar-refractivity contribution is -0.144. The number of carbonyl (C=O) groups is 4. The molecule has 0 saturated carbocycles. The van der Waals surface area contributed by atoms with E-state index in [0.29, 0.717) is 24.3 Å². The van der Waals surface area contributed by atoms with Gasteiger partial charge in [-0.1, -0.05) is 42.8 Å². The Hall–Kier alpha value is -2.67. The van der Waals surface area contributed by atoms with Gasteiger partial charge in [0.2, 0.25) is 23.6 Å². The average molecular weight is 446 g/mol. The average Bonchev–Trinajstić information content (AvgIpc) is 3.03. The van der Waals surface area contributed by atoms with Crippen molar-refractivity contribution < 1.29 is 19.2 Å². The molecule has 0 spiro atoms. The summed E-state index contributed by atoms with van der Waals surface area (Å²) in [5.74, 6) is -1.56. The first kappa shape index (κ1) is 23.0. The number of fused-ring (bicyclic) bond motifs is 1. The van der Waals surface area contributed by atoms with E-state index in [9.17, 15) is 19.2 Å². The van der Waals surface area contributed by atoms with E-state index < -0.39 is 6.04 Å². The lowest BCUT2D eigenvalue weighted by Gasteiger charge is -2.30. The number of hydrogen-bond acceptors (Lipinski definition) is 4. The Morgan fingerprint density at radius 3 is 2.23 bits per heavy atom. The zero-order valence-corrected chi connectivity index (χ0v) is 18.6. The van der Waals surface area contributed by atoms with Gasteiger partial charge in [0, 0.05) is 31.6 Å². The van der Waals surface area contributed by atoms with Gasteiger partial charge in [-0.05, 0) is 37.0 Å². The summed E-state index contributed by atoms with van der Waals surface area (Å²) in [7, 11) is 1.54. The number of imide groups is 1. The first-order valence-corrected chi connectivity index (χ1v) is 11.0. The summed E-state index contributed by atoms with van der Waals surface area (Å²) in [6, 6.07) is 6.44. The summed E-state index contributed by atoms with van der Waals surface area (Å²) in [6.45, 7) is 2.11. The van der Waals surface area contributed by atoms with Crippen molar-refractivity contribution in [3.8, 4) is 0 Å². The molecule has 1 aromatic rings. The molecule has 3 atom stereocenters. The molecule has 0 radical (unpaired) electrons. The van der Waals surface area contributed by atoms with Crippen LogP contribution in [-0.4, -0.2) is 53.1 Å². The van der Waals surface area contributed by atoms with Crippen molar-refractivity contribution in [1.29, 1.82) is 0 Å². The van der Waals surface area contributed by atoms with Crippen LogP contribution in [0.1, 0.15) is 38.2 Å². The lowest BCUT2D eigenvalue weighted by Crippen LogP contribution is -2.49. The molecule has 1 N–H and O–H groups in total. The minimum absolute atomic E-state index is 0.0224. The number of likely N-dealkylation sites (N-methyl/N-ethyl adjacent to an activating group) is 1. The molecule has 1 heterocycles. The number of benzene rings is 1. The number of amides is 4. The molecule has 1 saturated heterocycles. The molecule has 31 heavy (non-hydrogen) atoms. The highest BCUT2D eigenvalue weighted by molar-refractivity contribution is 6.30. The highest BCUT2D eigenvalue weighted by Gasteiger charge is 2.47. The van der Waals surface area contributed by atoms with Gasteiger partial charge in [-0.2, -0.15) is 0 Å². The minimum atomic E-state index is -0.648. The largest absolute Gasteiger partial charge is 0.357 e. The summed E-state index contributed by atoms with van der Waals surface area (Å²) < 4.78 is 0. The molecule has 2 aliphatic rings. The summed E-state index contributed by atoms with van der Waals surface area (Å²) in [5, 5.41) is 3.20. The number of likely N-dealkylation sites (tertiary alicyclic amines) is 1. The maximum Gasteiger partial charge on any atom is 0.242 e. The predicted octanol–water partition coefficient (Wildman–Crippen LogP) is 2.53. The van der Waals surface area contributed by atoms with Crippen molar-refractivity contribution in [2.24, 2.45) is 11.8 Å². The van der Waals surface area contributed by atoms with E-state index in [2.05, 4.69) is 5.32 Å². The molecule has 8 heteroatoms. The molecule has 1 aromatic carbocycles. The van der Waals surface area contributed by atoms with Crippen molar-refractivity contribution in [3.63, 3.8) is 0 Å². The van der Waals surface area contributed by atoms with E-state index in [-0.39, 0.29) is 55.0 Å². The number of nitrogens with one attached hydrogen (secondary N) is 1. The number of rotatable bonds is 8. The number of allylic oxidation sites excluding steroid dienone is 2. The molecule has 0 bridgehead atoms. The second-order valence-corrected chi connectivity index (χ2v) is 8.36. The van der Waals surface area contributed by atoms with Crippen molar-refractivity contribution in [2.45, 2.75) is 45.2 Å². The predicted molar refractivity (Wildman–Crippen MR) is 117 cm³/mol. The Balaban J connectivity index is 1.73. The fraction of sp³-hybridized carbons (Fsp3) is 0.478. The Kier molecular flexibility index (Phi) is 7.49. The first-order valence-electron chi connectivity index (χ1n) is 10.6. The molecule has 1 aliphatic heterocycles. The zero-order valence-electron chi connectivity index (χ0n) is 17.8. The maximum atomic E-state index is 13.2. The van der Waals surface area contributed by atoms with Gasteiger partial charge in [0.25, 0.3) is 0 Å². The smallest absolute Gasteiger partial charge is 0.242 e. The standard InChI is InChI=1S/C23H28ClN3O4/c1-3-19(21(29)25-2)27(14-15-8-10-16(24)11-9-15)20(28)12-13-26-22(30)17-6-4-5-7-18(17)23(26)31/h4-5,8-11,17-19H,3,6-7,12-14H2,1-2H3,(H,25,29)/t17-,18+,19-/m1/s1. The van der Waals surface area contributed by atoms with Gasteiger partial charge in [-0.3, -0.25) is 24.1 Å². The third-order valence-corrected chi connectivity index (χ3v) is 6.30. The topological polar surface area (TPSA) is 86.8 Å². The zero-order chi connectivity index (χ0) is 22.5. The normalized spacial score (nSPS) is 21.1. The second-order valence-electron chi connectivity index (χ2n) is 7.92. The van der Waals surface area contributed by atoms with E-state index in [1.807, 2.05) is 31.2 Å². The molecule has 0 aromatic heterocycles. The molecule has 3 rings (SSSR count). The summed E-state index contributed by atoms with van der Waals surface area (Å²) in [5.41, 5.74) is 0.838. The van der Waals surface area contributed by atoms with Crippen LogP contribution >= 0.6 is 11.6 Å². The Morgan fingerprint density at radius 1 is 1.13 bits per heavy atom. The number of hydrogen-bond donors (Lipinski definition) is 1. The van der Waals surface area contributed by atoms with Crippen LogP contribution in [0.4, 0.5) is 0 Å². The molecular weight excluding hydrogens is 418 g/mol. The van der Waals surface area contributed by atoms with E-state index in [1.54, 1.807) is 12.1 Å². The van der Waals surface area contributed by atoms with E-state index in [4.69, 9.17) is 11.6 Å². The molecular formula is C23H28ClN3O4. The molecule has 1 aliphatic carbocycles. The van der Waals surface area contributed by atoms with Gasteiger partial charge in [0.15, 0.2) is 0 Å². The Morgan fingerprint density at radius 2 is 1.71 bits per heavy atom. The van der Waals surface area contributed by atoms with Gasteiger partial charge in [-0.15, -0.1) is 0 Å². The molecule has 4 amide bonds. The van der Waals surface area contributed by atoms with E-state index in [1.165, 1.54) is 16.8 Å². The number of carbonyl (C=O) groups excluding carboxylic acids is 4. The van der Waals surface area contributed by atoms with Gasteiger partial charge >= 0.3 is 0 Å². The summed E-state index contributed by atoms with van der Waals surface area (Å²) in [6.07, 6.45) is 5.42. The SMILES string of the molecule is CC[C@H](C(=O)NC)N(Cc1ccc(Cl)cc1)C(=O)CCN1C(=O)[C@H]2CC=CC[C@H]2C1=O. The number of halogens is 1. The van der Waals surface area contributed by atoms with Gasteiger partial charge in [-0.25, -0.2) is 0 Å². The van der Waals surface area contributed by atoms with Crippen LogP contribution in [0.5, 0.6) is 0 Å². The van der Waals surface area contributed by atoms with Crippen LogP contribution < -0.4 is 5.32 Å². The highest BCUT2D eigenvalue weighted by Crippen LogP contribution is 2.35. The summed E-state index contributed by atoms with van der Waals surface area (Å²) >= 11 is 5.96. The van der Waals surface area contributed by atoms with Crippen LogP contribution in [0, 0.1) is 11.8 Å². The van der Waals surface area contributed by atoms with Crippen molar-refractivity contribution in [2.75, 3.05) is 13.6 Å². The van der Waals surface area contributed by atoms with E-state index >= 15 is 0 Å². The molecule has 0 unspecified atom stereocenters. The molecule has 1 fully saturated rings. The number of nitrogens with zero attached hydrogens (tertiary/aromatic N) is 2. The van der Waals surface area contributed by atoms with Crippen LogP contribution in [0.2, 0.25) is 5.02 Å². The molecule has 166 valence electrons. The van der Waals surface area contributed by atoms with Crippen LogP contribution in [-0.2, 0) is 25.7 Å².